The molecule has 0 bridgehead atoms. The third kappa shape index (κ3) is 2.68. The highest BCUT2D eigenvalue weighted by atomic mass is 16.2. The van der Waals surface area contributed by atoms with Gasteiger partial charge in [0.2, 0.25) is 5.91 Å². The molecule has 0 radical (unpaired) electrons. The topological polar surface area (TPSA) is 32.3 Å². The summed E-state index contributed by atoms with van der Waals surface area (Å²) in [7, 11) is 0. The van der Waals surface area contributed by atoms with Gasteiger partial charge in [0.05, 0.1) is 6.54 Å². The summed E-state index contributed by atoms with van der Waals surface area (Å²) < 4.78 is 0. The molecule has 2 aromatic rings. The van der Waals surface area contributed by atoms with E-state index in [0.29, 0.717) is 6.54 Å². The molecule has 0 fully saturated rings. The number of amides is 1. The Morgan fingerprint density at radius 3 is 2.79 bits per heavy atom. The number of rotatable bonds is 3. The molecule has 0 saturated heterocycles. The number of benzene rings is 2. The number of anilines is 2. The lowest BCUT2D eigenvalue weighted by Gasteiger charge is -2.24. The van der Waals surface area contributed by atoms with Crippen LogP contribution in [0, 0.1) is 0 Å². The molecule has 1 unspecified atom stereocenters. The third-order valence-electron chi connectivity index (χ3n) is 5.30. The van der Waals surface area contributed by atoms with Gasteiger partial charge in [-0.2, -0.15) is 0 Å². The van der Waals surface area contributed by atoms with Crippen molar-refractivity contribution in [1.29, 1.82) is 0 Å². The predicted molar refractivity (Wildman–Crippen MR) is 98.7 cm³/mol. The molecule has 1 N–H and O–H groups in total. The molecule has 1 amide bonds. The molecule has 1 atom stereocenters. The molecule has 1 aliphatic carbocycles. The summed E-state index contributed by atoms with van der Waals surface area (Å²) >= 11 is 0. The minimum atomic E-state index is 0.154. The molecule has 3 nitrogen and oxygen atoms in total. The standard InChI is InChI=1S/C21H24N2O/c1-15-13-17-8-3-5-12-20(17)23(15)21(24)14-22-19-11-6-9-16-7-2-4-10-18(16)19/h3,5-6,8-9,11-12,15,22H,2,4,7,10,13-14H2,1H3. The van der Waals surface area contributed by atoms with E-state index in [9.17, 15) is 4.79 Å². The highest BCUT2D eigenvalue weighted by Gasteiger charge is 2.30. The monoisotopic (exact) mass is 320 g/mol. The molecule has 1 aliphatic heterocycles. The fraction of sp³-hybridized carbons (Fsp3) is 0.381. The second-order valence-electron chi connectivity index (χ2n) is 6.95. The number of fused-ring (bicyclic) bond motifs is 2. The normalized spacial score (nSPS) is 18.9. The van der Waals surface area contributed by atoms with Crippen molar-refractivity contribution in [2.75, 3.05) is 16.8 Å². The van der Waals surface area contributed by atoms with E-state index < -0.39 is 0 Å². The first-order chi connectivity index (χ1) is 11.7. The fourth-order valence-electron chi connectivity index (χ4n) is 4.15. The maximum atomic E-state index is 12.8. The lowest BCUT2D eigenvalue weighted by molar-refractivity contribution is -0.117. The van der Waals surface area contributed by atoms with Crippen molar-refractivity contribution in [2.24, 2.45) is 0 Å². The van der Waals surface area contributed by atoms with E-state index >= 15 is 0 Å². The van der Waals surface area contributed by atoms with Crippen LogP contribution in [0.25, 0.3) is 0 Å². The van der Waals surface area contributed by atoms with Crippen molar-refractivity contribution in [3.8, 4) is 0 Å². The summed E-state index contributed by atoms with van der Waals surface area (Å²) in [5.41, 5.74) is 6.34. The molecule has 0 aromatic heterocycles. The van der Waals surface area contributed by atoms with Gasteiger partial charge in [0.25, 0.3) is 0 Å². The first kappa shape index (κ1) is 15.3. The zero-order valence-corrected chi connectivity index (χ0v) is 14.2. The summed E-state index contributed by atoms with van der Waals surface area (Å²) in [6.07, 6.45) is 5.75. The van der Waals surface area contributed by atoms with Crippen LogP contribution in [0.3, 0.4) is 0 Å². The molecule has 0 saturated carbocycles. The first-order valence-corrected chi connectivity index (χ1v) is 8.98. The van der Waals surface area contributed by atoms with Gasteiger partial charge >= 0.3 is 0 Å². The Labute approximate surface area is 143 Å². The van der Waals surface area contributed by atoms with E-state index in [1.165, 1.54) is 29.5 Å². The number of aryl methyl sites for hydroxylation is 1. The van der Waals surface area contributed by atoms with Crippen molar-refractivity contribution in [1.82, 2.24) is 0 Å². The minimum absolute atomic E-state index is 0.154. The molecular formula is C21H24N2O. The van der Waals surface area contributed by atoms with Gasteiger partial charge in [-0.15, -0.1) is 0 Å². The Morgan fingerprint density at radius 1 is 1.08 bits per heavy atom. The molecule has 4 rings (SSSR count). The maximum Gasteiger partial charge on any atom is 0.246 e. The van der Waals surface area contributed by atoms with E-state index in [0.717, 1.165) is 30.6 Å². The predicted octanol–water partition coefficient (Wildman–Crippen LogP) is 3.96. The van der Waals surface area contributed by atoms with Crippen LogP contribution in [0.5, 0.6) is 0 Å². The maximum absolute atomic E-state index is 12.8. The molecule has 0 spiro atoms. The van der Waals surface area contributed by atoms with Crippen molar-refractivity contribution >= 4 is 17.3 Å². The van der Waals surface area contributed by atoms with Crippen LogP contribution in [0.4, 0.5) is 11.4 Å². The third-order valence-corrected chi connectivity index (χ3v) is 5.30. The average Bonchev–Trinajstić information content (AvgIpc) is 2.95. The van der Waals surface area contributed by atoms with Crippen molar-refractivity contribution in [2.45, 2.75) is 45.1 Å². The van der Waals surface area contributed by atoms with Gasteiger partial charge in [-0.3, -0.25) is 4.79 Å². The summed E-state index contributed by atoms with van der Waals surface area (Å²) in [6.45, 7) is 2.48. The van der Waals surface area contributed by atoms with Crippen molar-refractivity contribution in [3.63, 3.8) is 0 Å². The molecular weight excluding hydrogens is 296 g/mol. The Balaban J connectivity index is 1.50. The quantitative estimate of drug-likeness (QED) is 0.928. The Hall–Kier alpha value is -2.29. The summed E-state index contributed by atoms with van der Waals surface area (Å²) in [5.74, 6) is 0.154. The van der Waals surface area contributed by atoms with Crippen LogP contribution >= 0.6 is 0 Å². The van der Waals surface area contributed by atoms with E-state index in [1.54, 1.807) is 0 Å². The molecule has 2 aliphatic rings. The van der Waals surface area contributed by atoms with E-state index in [4.69, 9.17) is 0 Å². The zero-order chi connectivity index (χ0) is 16.5. The van der Waals surface area contributed by atoms with Gasteiger partial charge in [-0.05, 0) is 67.9 Å². The van der Waals surface area contributed by atoms with Crippen LogP contribution < -0.4 is 10.2 Å². The lowest BCUT2D eigenvalue weighted by Crippen LogP contribution is -2.39. The molecule has 24 heavy (non-hydrogen) atoms. The number of carbonyl (C=O) groups excluding carboxylic acids is 1. The van der Waals surface area contributed by atoms with Gasteiger partial charge in [0.1, 0.15) is 0 Å². The number of carbonyl (C=O) groups is 1. The van der Waals surface area contributed by atoms with E-state index in [2.05, 4.69) is 42.6 Å². The number of hydrogen-bond acceptors (Lipinski definition) is 2. The number of hydrogen-bond donors (Lipinski definition) is 1. The zero-order valence-electron chi connectivity index (χ0n) is 14.2. The van der Waals surface area contributed by atoms with Gasteiger partial charge in [0, 0.05) is 17.4 Å². The van der Waals surface area contributed by atoms with Gasteiger partial charge < -0.3 is 10.2 Å². The smallest absolute Gasteiger partial charge is 0.246 e. The SMILES string of the molecule is CC1Cc2ccccc2N1C(=O)CNc1cccc2c1CCCC2. The van der Waals surface area contributed by atoms with E-state index in [1.807, 2.05) is 17.0 Å². The average molecular weight is 320 g/mol. The van der Waals surface area contributed by atoms with Crippen molar-refractivity contribution < 1.29 is 4.79 Å². The molecule has 1 heterocycles. The minimum Gasteiger partial charge on any atom is -0.376 e. The lowest BCUT2D eigenvalue weighted by atomic mass is 9.90. The number of nitrogens with one attached hydrogen (secondary N) is 1. The Morgan fingerprint density at radius 2 is 1.88 bits per heavy atom. The number of para-hydroxylation sites is 1. The fourth-order valence-corrected chi connectivity index (χ4v) is 4.15. The van der Waals surface area contributed by atoms with Gasteiger partial charge in [-0.25, -0.2) is 0 Å². The van der Waals surface area contributed by atoms with Crippen LogP contribution in [0.1, 0.15) is 36.5 Å². The Bertz CT molecular complexity index is 768. The molecule has 2 aromatic carbocycles. The van der Waals surface area contributed by atoms with Gasteiger partial charge in [-0.1, -0.05) is 30.3 Å². The van der Waals surface area contributed by atoms with Crippen LogP contribution in [0.15, 0.2) is 42.5 Å². The summed E-state index contributed by atoms with van der Waals surface area (Å²) in [6, 6.07) is 14.9. The molecule has 3 heteroatoms. The first-order valence-electron chi connectivity index (χ1n) is 8.98. The largest absolute Gasteiger partial charge is 0.376 e. The molecule has 124 valence electrons. The van der Waals surface area contributed by atoms with Crippen LogP contribution in [0.2, 0.25) is 0 Å². The number of nitrogens with zero attached hydrogens (tertiary/aromatic N) is 1. The van der Waals surface area contributed by atoms with Crippen LogP contribution in [-0.2, 0) is 24.1 Å². The highest BCUT2D eigenvalue weighted by molar-refractivity contribution is 5.98. The van der Waals surface area contributed by atoms with Crippen LogP contribution in [-0.4, -0.2) is 18.5 Å². The van der Waals surface area contributed by atoms with Crippen molar-refractivity contribution in [3.05, 3.63) is 59.2 Å². The van der Waals surface area contributed by atoms with E-state index in [-0.39, 0.29) is 11.9 Å². The van der Waals surface area contributed by atoms with Gasteiger partial charge in [0.15, 0.2) is 0 Å². The summed E-state index contributed by atoms with van der Waals surface area (Å²) in [5, 5.41) is 3.41. The Kier molecular flexibility index (Phi) is 4.01. The summed E-state index contributed by atoms with van der Waals surface area (Å²) in [4.78, 5) is 14.8. The second kappa shape index (κ2) is 6.31. The highest BCUT2D eigenvalue weighted by Crippen LogP contribution is 2.32. The second-order valence-corrected chi connectivity index (χ2v) is 6.95.